The van der Waals surface area contributed by atoms with Gasteiger partial charge in [-0.3, -0.25) is 4.90 Å². The van der Waals surface area contributed by atoms with Crippen LogP contribution >= 0.6 is 0 Å². The molecule has 150 valence electrons. The molecule has 0 aliphatic carbocycles. The highest BCUT2D eigenvalue weighted by molar-refractivity contribution is 5.74. The molecule has 2 amide bonds. The van der Waals surface area contributed by atoms with Crippen LogP contribution in [0.3, 0.4) is 0 Å². The van der Waals surface area contributed by atoms with Crippen molar-refractivity contribution in [2.24, 2.45) is 0 Å². The number of hydrogen-bond donors (Lipinski definition) is 2. The number of carbonyl (C=O) groups excluding carboxylic acids is 1. The van der Waals surface area contributed by atoms with E-state index in [1.807, 2.05) is 12.1 Å². The molecule has 2 aromatic rings. The minimum Gasteiger partial charge on any atom is -0.369 e. The van der Waals surface area contributed by atoms with Crippen LogP contribution in [0.2, 0.25) is 0 Å². The lowest BCUT2D eigenvalue weighted by Gasteiger charge is -2.36. The van der Waals surface area contributed by atoms with E-state index in [9.17, 15) is 4.79 Å². The summed E-state index contributed by atoms with van der Waals surface area (Å²) in [4.78, 5) is 17.0. The van der Waals surface area contributed by atoms with Gasteiger partial charge in [-0.25, -0.2) is 4.79 Å². The second kappa shape index (κ2) is 10.1. The first-order chi connectivity index (χ1) is 13.6. The van der Waals surface area contributed by atoms with Crippen LogP contribution in [-0.2, 0) is 6.54 Å². The highest BCUT2D eigenvalue weighted by Gasteiger charge is 2.17. The summed E-state index contributed by atoms with van der Waals surface area (Å²) in [6.07, 6.45) is 0.962. The number of anilines is 1. The highest BCUT2D eigenvalue weighted by atomic mass is 16.2. The van der Waals surface area contributed by atoms with Crippen molar-refractivity contribution in [2.45, 2.75) is 32.9 Å². The minimum atomic E-state index is -0.0945. The summed E-state index contributed by atoms with van der Waals surface area (Å²) in [6, 6.07) is 18.9. The predicted octanol–water partition coefficient (Wildman–Crippen LogP) is 3.40. The molecule has 28 heavy (non-hydrogen) atoms. The van der Waals surface area contributed by atoms with Crippen LogP contribution in [0.4, 0.5) is 10.5 Å². The number of benzene rings is 2. The fourth-order valence-corrected chi connectivity index (χ4v) is 3.60. The lowest BCUT2D eigenvalue weighted by Crippen LogP contribution is -2.48. The molecule has 1 atom stereocenters. The van der Waals surface area contributed by atoms with Crippen molar-refractivity contribution >= 4 is 11.7 Å². The number of urea groups is 1. The molecule has 5 nitrogen and oxygen atoms in total. The summed E-state index contributed by atoms with van der Waals surface area (Å²) in [5.41, 5.74) is 3.64. The molecule has 0 unspecified atom stereocenters. The summed E-state index contributed by atoms with van der Waals surface area (Å²) >= 11 is 0. The third kappa shape index (κ3) is 6.27. The van der Waals surface area contributed by atoms with E-state index in [0.29, 0.717) is 6.54 Å². The highest BCUT2D eigenvalue weighted by Crippen LogP contribution is 2.15. The van der Waals surface area contributed by atoms with Gasteiger partial charge in [0.1, 0.15) is 0 Å². The van der Waals surface area contributed by atoms with E-state index in [-0.39, 0.29) is 12.1 Å². The zero-order chi connectivity index (χ0) is 19.8. The van der Waals surface area contributed by atoms with Crippen molar-refractivity contribution in [2.75, 3.05) is 37.6 Å². The molecule has 0 spiro atoms. The van der Waals surface area contributed by atoms with Crippen LogP contribution in [0.1, 0.15) is 24.5 Å². The summed E-state index contributed by atoms with van der Waals surface area (Å²) in [5.74, 6) is 0. The van der Waals surface area contributed by atoms with Gasteiger partial charge in [0.25, 0.3) is 0 Å². The SMILES string of the molecule is Cc1cccc(CNC(=O)N[C@H](C)CCN2CCN(c3ccccc3)CC2)c1. The lowest BCUT2D eigenvalue weighted by molar-refractivity contribution is 0.227. The molecule has 3 rings (SSSR count). The first-order valence-electron chi connectivity index (χ1n) is 10.2. The van der Waals surface area contributed by atoms with Gasteiger partial charge in [-0.15, -0.1) is 0 Å². The number of hydrogen-bond acceptors (Lipinski definition) is 3. The fraction of sp³-hybridized carbons (Fsp3) is 0.435. The van der Waals surface area contributed by atoms with Crippen molar-refractivity contribution in [3.8, 4) is 0 Å². The molecular weight excluding hydrogens is 348 g/mol. The molecule has 5 heteroatoms. The number of para-hydroxylation sites is 1. The van der Waals surface area contributed by atoms with E-state index in [1.54, 1.807) is 0 Å². The maximum absolute atomic E-state index is 12.1. The van der Waals surface area contributed by atoms with Gasteiger partial charge in [0.2, 0.25) is 0 Å². The normalized spacial score (nSPS) is 15.9. The molecular formula is C23H32N4O. The van der Waals surface area contributed by atoms with Crippen LogP contribution in [0, 0.1) is 6.92 Å². The molecule has 1 saturated heterocycles. The third-order valence-corrected chi connectivity index (χ3v) is 5.29. The van der Waals surface area contributed by atoms with Crippen LogP contribution in [0.15, 0.2) is 54.6 Å². The summed E-state index contributed by atoms with van der Waals surface area (Å²) in [5, 5.41) is 6.00. The smallest absolute Gasteiger partial charge is 0.315 e. The van der Waals surface area contributed by atoms with E-state index >= 15 is 0 Å². The molecule has 1 fully saturated rings. The van der Waals surface area contributed by atoms with Gasteiger partial charge >= 0.3 is 6.03 Å². The van der Waals surface area contributed by atoms with Crippen molar-refractivity contribution in [3.05, 3.63) is 65.7 Å². The average molecular weight is 381 g/mol. The van der Waals surface area contributed by atoms with Crippen LogP contribution in [0.5, 0.6) is 0 Å². The van der Waals surface area contributed by atoms with E-state index in [1.165, 1.54) is 11.3 Å². The van der Waals surface area contributed by atoms with Crippen molar-refractivity contribution in [1.29, 1.82) is 0 Å². The number of rotatable bonds is 7. The summed E-state index contributed by atoms with van der Waals surface area (Å²) in [7, 11) is 0. The number of aryl methyl sites for hydroxylation is 1. The Morgan fingerprint density at radius 3 is 2.50 bits per heavy atom. The second-order valence-electron chi connectivity index (χ2n) is 7.67. The van der Waals surface area contributed by atoms with Gasteiger partial charge in [-0.1, -0.05) is 48.0 Å². The Labute approximate surface area is 168 Å². The van der Waals surface area contributed by atoms with Gasteiger partial charge in [-0.05, 0) is 38.0 Å². The zero-order valence-electron chi connectivity index (χ0n) is 17.0. The molecule has 2 aromatic carbocycles. The zero-order valence-corrected chi connectivity index (χ0v) is 17.0. The largest absolute Gasteiger partial charge is 0.369 e. The van der Waals surface area contributed by atoms with Crippen LogP contribution in [-0.4, -0.2) is 49.7 Å². The first-order valence-corrected chi connectivity index (χ1v) is 10.2. The van der Waals surface area contributed by atoms with Crippen LogP contribution < -0.4 is 15.5 Å². The maximum Gasteiger partial charge on any atom is 0.315 e. The van der Waals surface area contributed by atoms with Gasteiger partial charge < -0.3 is 15.5 Å². The molecule has 1 aliphatic rings. The minimum absolute atomic E-state index is 0.0945. The number of carbonyl (C=O) groups is 1. The predicted molar refractivity (Wildman–Crippen MR) is 116 cm³/mol. The Bertz CT molecular complexity index is 741. The molecule has 2 N–H and O–H groups in total. The third-order valence-electron chi connectivity index (χ3n) is 5.29. The van der Waals surface area contributed by atoms with E-state index in [4.69, 9.17) is 0 Å². The lowest BCUT2D eigenvalue weighted by atomic mass is 10.1. The monoisotopic (exact) mass is 380 g/mol. The van der Waals surface area contributed by atoms with E-state index < -0.39 is 0 Å². The Morgan fingerprint density at radius 2 is 1.79 bits per heavy atom. The molecule has 1 heterocycles. The number of amides is 2. The van der Waals surface area contributed by atoms with Gasteiger partial charge in [0.15, 0.2) is 0 Å². The summed E-state index contributed by atoms with van der Waals surface area (Å²) < 4.78 is 0. The molecule has 0 saturated carbocycles. The Hall–Kier alpha value is -2.53. The van der Waals surface area contributed by atoms with Crippen molar-refractivity contribution in [3.63, 3.8) is 0 Å². The standard InChI is InChI=1S/C23H32N4O/c1-19-7-6-8-21(17-19)18-24-23(28)25-20(2)11-12-26-13-15-27(16-14-26)22-9-4-3-5-10-22/h3-10,17,20H,11-16,18H2,1-2H3,(H2,24,25,28)/t20-/m1/s1. The van der Waals surface area contributed by atoms with Gasteiger partial charge in [0.05, 0.1) is 0 Å². The second-order valence-corrected chi connectivity index (χ2v) is 7.67. The Kier molecular flexibility index (Phi) is 7.31. The molecule has 1 aliphatic heterocycles. The van der Waals surface area contributed by atoms with Crippen LogP contribution in [0.25, 0.3) is 0 Å². The maximum atomic E-state index is 12.1. The first kappa shape index (κ1) is 20.2. The fourth-order valence-electron chi connectivity index (χ4n) is 3.60. The quantitative estimate of drug-likeness (QED) is 0.774. The Balaban J connectivity index is 1.32. The topological polar surface area (TPSA) is 47.6 Å². The molecule has 0 bridgehead atoms. The molecule has 0 radical (unpaired) electrons. The van der Waals surface area contributed by atoms with Crippen molar-refractivity contribution in [1.82, 2.24) is 15.5 Å². The number of nitrogens with one attached hydrogen (secondary N) is 2. The Morgan fingerprint density at radius 1 is 1.04 bits per heavy atom. The van der Waals surface area contributed by atoms with Crippen molar-refractivity contribution < 1.29 is 4.79 Å². The number of nitrogens with zero attached hydrogens (tertiary/aromatic N) is 2. The number of piperazine rings is 1. The van der Waals surface area contributed by atoms with Gasteiger partial charge in [0, 0.05) is 51.0 Å². The van der Waals surface area contributed by atoms with E-state index in [0.717, 1.165) is 44.7 Å². The van der Waals surface area contributed by atoms with Gasteiger partial charge in [-0.2, -0.15) is 0 Å². The average Bonchev–Trinajstić information content (AvgIpc) is 2.72. The van der Waals surface area contributed by atoms with E-state index in [2.05, 4.69) is 76.7 Å². The summed E-state index contributed by atoms with van der Waals surface area (Å²) in [6.45, 7) is 9.97. The molecule has 0 aromatic heterocycles.